The number of aliphatic hydroxyl groups excluding tert-OH is 1. The molecule has 1 saturated heterocycles. The van der Waals surface area contributed by atoms with Crippen molar-refractivity contribution in [2.24, 2.45) is 0 Å². The highest BCUT2D eigenvalue weighted by Crippen LogP contribution is 2.22. The number of quaternary nitrogens is 1. The van der Waals surface area contributed by atoms with Crippen LogP contribution in [-0.4, -0.2) is 29.1 Å². The fourth-order valence-electron chi connectivity index (χ4n) is 2.04. The number of halogens is 1. The minimum atomic E-state index is -0.509. The largest absolute Gasteiger partial charge is 0.374 e. The molecule has 4 N–H and O–H groups in total. The van der Waals surface area contributed by atoms with E-state index in [1.54, 1.807) is 0 Å². The molecular formula is C12H18ClN2O+. The van der Waals surface area contributed by atoms with Crippen molar-refractivity contribution in [2.75, 3.05) is 13.1 Å². The summed E-state index contributed by atoms with van der Waals surface area (Å²) in [5.74, 6) is 0. The molecule has 1 aromatic carbocycles. The van der Waals surface area contributed by atoms with Gasteiger partial charge >= 0.3 is 0 Å². The molecule has 2 rings (SSSR count). The first-order valence-electron chi connectivity index (χ1n) is 5.67. The van der Waals surface area contributed by atoms with Crippen LogP contribution in [-0.2, 0) is 0 Å². The third-order valence-corrected chi connectivity index (χ3v) is 3.42. The maximum absolute atomic E-state index is 10.2. The number of hydrogen-bond donors (Lipinski definition) is 2. The van der Waals surface area contributed by atoms with Gasteiger partial charge in [-0.2, -0.15) is 0 Å². The van der Waals surface area contributed by atoms with Crippen molar-refractivity contribution in [3.63, 3.8) is 0 Å². The first-order valence-corrected chi connectivity index (χ1v) is 6.05. The first-order chi connectivity index (χ1) is 7.66. The normalized spacial score (nSPS) is 20.9. The molecule has 0 amide bonds. The molecule has 88 valence electrons. The standard InChI is InChI=1S/C12H17ClN2O/c13-10-3-1-9(2-4-10)12(16)15-7-5-11(14)6-8-15/h1-4,11-12,16H,5-8,14H2/p+1/t12-/m1/s1. The number of rotatable bonds is 2. The number of hydrogen-bond acceptors (Lipinski definition) is 2. The lowest BCUT2D eigenvalue weighted by Crippen LogP contribution is -2.64. The van der Waals surface area contributed by atoms with Gasteiger partial charge in [0.05, 0.1) is 6.04 Å². The summed E-state index contributed by atoms with van der Waals surface area (Å²) in [5, 5.41) is 10.9. The zero-order chi connectivity index (χ0) is 11.5. The average Bonchev–Trinajstić information content (AvgIpc) is 2.30. The number of aliphatic hydroxyl groups is 1. The Morgan fingerprint density at radius 1 is 1.25 bits per heavy atom. The van der Waals surface area contributed by atoms with E-state index in [4.69, 9.17) is 11.6 Å². The molecule has 0 saturated carbocycles. The van der Waals surface area contributed by atoms with Gasteiger partial charge in [0.15, 0.2) is 0 Å². The molecule has 0 aliphatic carbocycles. The maximum Gasteiger partial charge on any atom is 0.133 e. The topological polar surface area (TPSA) is 51.1 Å². The molecule has 0 spiro atoms. The van der Waals surface area contributed by atoms with Crippen LogP contribution >= 0.6 is 11.6 Å². The van der Waals surface area contributed by atoms with Crippen molar-refractivity contribution in [3.8, 4) is 0 Å². The molecule has 0 radical (unpaired) electrons. The van der Waals surface area contributed by atoms with Gasteiger partial charge in [0, 0.05) is 31.0 Å². The van der Waals surface area contributed by atoms with Gasteiger partial charge in [0.1, 0.15) is 6.23 Å². The van der Waals surface area contributed by atoms with E-state index in [-0.39, 0.29) is 0 Å². The third-order valence-electron chi connectivity index (χ3n) is 3.16. The summed E-state index contributed by atoms with van der Waals surface area (Å²) in [6.07, 6.45) is 1.61. The minimum absolute atomic E-state index is 0.509. The Bertz CT molecular complexity index is 333. The van der Waals surface area contributed by atoms with Crippen LogP contribution in [0.3, 0.4) is 0 Å². The fraction of sp³-hybridized carbons (Fsp3) is 0.500. The summed E-state index contributed by atoms with van der Waals surface area (Å²) in [7, 11) is 0. The second-order valence-corrected chi connectivity index (χ2v) is 4.84. The van der Waals surface area contributed by atoms with Gasteiger partial charge in [0.25, 0.3) is 0 Å². The molecule has 1 aliphatic rings. The van der Waals surface area contributed by atoms with Crippen molar-refractivity contribution in [1.29, 1.82) is 0 Å². The van der Waals surface area contributed by atoms with E-state index in [0.29, 0.717) is 11.1 Å². The predicted molar refractivity (Wildman–Crippen MR) is 63.9 cm³/mol. The molecule has 4 heteroatoms. The Balaban J connectivity index is 2.01. The van der Waals surface area contributed by atoms with Gasteiger partial charge < -0.3 is 10.8 Å². The Kier molecular flexibility index (Phi) is 3.82. The smallest absolute Gasteiger partial charge is 0.133 e. The Morgan fingerprint density at radius 2 is 1.81 bits per heavy atom. The van der Waals surface area contributed by atoms with Crippen LogP contribution in [0, 0.1) is 0 Å². The van der Waals surface area contributed by atoms with E-state index >= 15 is 0 Å². The molecule has 3 nitrogen and oxygen atoms in total. The van der Waals surface area contributed by atoms with Crippen LogP contribution in [0.5, 0.6) is 0 Å². The van der Waals surface area contributed by atoms with Crippen LogP contribution < -0.4 is 5.73 Å². The number of likely N-dealkylation sites (tertiary alicyclic amines) is 1. The van der Waals surface area contributed by atoms with Crippen LogP contribution in [0.2, 0.25) is 5.02 Å². The van der Waals surface area contributed by atoms with Crippen molar-refractivity contribution in [3.05, 3.63) is 34.9 Å². The van der Waals surface area contributed by atoms with Crippen molar-refractivity contribution < 1.29 is 10.8 Å². The number of benzene rings is 1. The van der Waals surface area contributed by atoms with E-state index < -0.39 is 6.23 Å². The van der Waals surface area contributed by atoms with E-state index in [2.05, 4.69) is 10.6 Å². The van der Waals surface area contributed by atoms with E-state index in [9.17, 15) is 5.11 Å². The van der Waals surface area contributed by atoms with Crippen LogP contribution in [0.25, 0.3) is 0 Å². The number of piperidine rings is 1. The van der Waals surface area contributed by atoms with Gasteiger partial charge in [0.2, 0.25) is 0 Å². The second kappa shape index (κ2) is 5.15. The highest BCUT2D eigenvalue weighted by Gasteiger charge is 2.24. The van der Waals surface area contributed by atoms with E-state index in [1.165, 1.54) is 0 Å². The minimum Gasteiger partial charge on any atom is -0.374 e. The molecule has 1 aromatic rings. The van der Waals surface area contributed by atoms with Crippen molar-refractivity contribution in [2.45, 2.75) is 25.1 Å². The molecule has 1 aliphatic heterocycles. The molecule has 0 aromatic heterocycles. The summed E-state index contributed by atoms with van der Waals surface area (Å²) in [4.78, 5) is 2.09. The fourth-order valence-corrected chi connectivity index (χ4v) is 2.17. The molecule has 1 atom stereocenters. The highest BCUT2D eigenvalue weighted by molar-refractivity contribution is 6.30. The second-order valence-electron chi connectivity index (χ2n) is 4.40. The van der Waals surface area contributed by atoms with Gasteiger partial charge in [-0.25, -0.2) is 0 Å². The lowest BCUT2D eigenvalue weighted by atomic mass is 10.0. The molecule has 1 heterocycles. The molecule has 0 bridgehead atoms. The highest BCUT2D eigenvalue weighted by atomic mass is 35.5. The summed E-state index contributed by atoms with van der Waals surface area (Å²) in [6.45, 7) is 1.83. The van der Waals surface area contributed by atoms with Gasteiger partial charge in [-0.3, -0.25) is 4.90 Å². The SMILES string of the molecule is [NH3+]C1CCN([C@H](O)c2ccc(Cl)cc2)CC1. The third kappa shape index (κ3) is 2.74. The first kappa shape index (κ1) is 11.9. The molecule has 0 unspecified atom stereocenters. The Labute approximate surface area is 101 Å². The summed E-state index contributed by atoms with van der Waals surface area (Å²) in [5.41, 5.74) is 4.96. The zero-order valence-corrected chi connectivity index (χ0v) is 10.0. The predicted octanol–water partition coefficient (Wildman–Crippen LogP) is 1.04. The van der Waals surface area contributed by atoms with Crippen LogP contribution in [0.1, 0.15) is 24.6 Å². The summed E-state index contributed by atoms with van der Waals surface area (Å²) < 4.78 is 0. The maximum atomic E-state index is 10.2. The van der Waals surface area contributed by atoms with Gasteiger partial charge in [-0.15, -0.1) is 0 Å². The lowest BCUT2D eigenvalue weighted by Gasteiger charge is -2.32. The van der Waals surface area contributed by atoms with Crippen LogP contribution in [0.4, 0.5) is 0 Å². The summed E-state index contributed by atoms with van der Waals surface area (Å²) in [6, 6.07) is 7.92. The molecule has 1 fully saturated rings. The van der Waals surface area contributed by atoms with Crippen molar-refractivity contribution >= 4 is 11.6 Å². The number of nitrogens with zero attached hydrogens (tertiary/aromatic N) is 1. The summed E-state index contributed by atoms with van der Waals surface area (Å²) >= 11 is 5.82. The van der Waals surface area contributed by atoms with E-state index in [1.807, 2.05) is 24.3 Å². The van der Waals surface area contributed by atoms with Crippen LogP contribution in [0.15, 0.2) is 24.3 Å². The lowest BCUT2D eigenvalue weighted by molar-refractivity contribution is -0.427. The van der Waals surface area contributed by atoms with Gasteiger partial charge in [-0.1, -0.05) is 23.7 Å². The van der Waals surface area contributed by atoms with Crippen molar-refractivity contribution in [1.82, 2.24) is 4.90 Å². The Hall–Kier alpha value is -0.610. The molecular weight excluding hydrogens is 224 g/mol. The van der Waals surface area contributed by atoms with E-state index in [0.717, 1.165) is 31.5 Å². The monoisotopic (exact) mass is 241 g/mol. The molecule has 16 heavy (non-hydrogen) atoms. The Morgan fingerprint density at radius 3 is 2.38 bits per heavy atom. The van der Waals surface area contributed by atoms with Gasteiger partial charge in [-0.05, 0) is 17.7 Å². The quantitative estimate of drug-likeness (QED) is 0.813. The zero-order valence-electron chi connectivity index (χ0n) is 9.27. The average molecular weight is 242 g/mol.